The van der Waals surface area contributed by atoms with Crippen LogP contribution >= 0.6 is 0 Å². The van der Waals surface area contributed by atoms with Crippen molar-refractivity contribution in [1.29, 1.82) is 0 Å². The molecule has 2 N–H and O–H groups in total. The molecule has 1 unspecified atom stereocenters. The second-order valence-electron chi connectivity index (χ2n) is 5.24. The van der Waals surface area contributed by atoms with Crippen molar-refractivity contribution in [3.05, 3.63) is 47.3 Å². The normalized spacial score (nSPS) is 12.0. The zero-order valence-corrected chi connectivity index (χ0v) is 13.3. The van der Waals surface area contributed by atoms with Crippen molar-refractivity contribution < 1.29 is 0 Å². The highest BCUT2D eigenvalue weighted by molar-refractivity contribution is 5.57. The minimum atomic E-state index is 0.207. The smallest absolute Gasteiger partial charge is 0.135 e. The van der Waals surface area contributed by atoms with Crippen molar-refractivity contribution in [3.8, 4) is 0 Å². The van der Waals surface area contributed by atoms with Crippen LogP contribution in [0.4, 0.5) is 11.6 Å². The zero-order chi connectivity index (χ0) is 15.2. The van der Waals surface area contributed by atoms with Gasteiger partial charge in [0.25, 0.3) is 0 Å². The first-order valence-corrected chi connectivity index (χ1v) is 7.52. The van der Waals surface area contributed by atoms with Gasteiger partial charge in [-0.2, -0.15) is 0 Å². The molecule has 0 saturated heterocycles. The lowest BCUT2D eigenvalue weighted by Gasteiger charge is -2.18. The van der Waals surface area contributed by atoms with Gasteiger partial charge in [-0.25, -0.2) is 9.97 Å². The summed E-state index contributed by atoms with van der Waals surface area (Å²) in [6, 6.07) is 10.6. The van der Waals surface area contributed by atoms with Gasteiger partial charge in [-0.3, -0.25) is 0 Å². The number of aromatic nitrogens is 2. The molecular weight excluding hydrogens is 260 g/mol. The first kappa shape index (κ1) is 15.3. The molecular formula is C17H24N4. The fourth-order valence-electron chi connectivity index (χ4n) is 2.31. The Morgan fingerprint density at radius 1 is 1.10 bits per heavy atom. The Morgan fingerprint density at radius 3 is 2.38 bits per heavy atom. The van der Waals surface area contributed by atoms with Gasteiger partial charge in [0.1, 0.15) is 17.5 Å². The molecule has 1 heterocycles. The van der Waals surface area contributed by atoms with Crippen LogP contribution in [-0.4, -0.2) is 17.0 Å². The second-order valence-corrected chi connectivity index (χ2v) is 5.24. The van der Waals surface area contributed by atoms with E-state index in [-0.39, 0.29) is 6.04 Å². The number of nitrogens with one attached hydrogen (secondary N) is 2. The predicted octanol–water partition coefficient (Wildman–Crippen LogP) is 3.95. The van der Waals surface area contributed by atoms with Crippen LogP contribution in [0.2, 0.25) is 0 Å². The summed E-state index contributed by atoms with van der Waals surface area (Å²) >= 11 is 0. The first-order valence-electron chi connectivity index (χ1n) is 7.52. The quantitative estimate of drug-likeness (QED) is 0.843. The minimum Gasteiger partial charge on any atom is -0.373 e. The molecule has 0 aliphatic rings. The van der Waals surface area contributed by atoms with Gasteiger partial charge in [0.05, 0.1) is 0 Å². The number of benzene rings is 1. The Kier molecular flexibility index (Phi) is 5.14. The highest BCUT2D eigenvalue weighted by Gasteiger charge is 2.12. The van der Waals surface area contributed by atoms with Gasteiger partial charge in [-0.15, -0.1) is 0 Å². The Bertz CT molecular complexity index is 581. The van der Waals surface area contributed by atoms with E-state index >= 15 is 0 Å². The monoisotopic (exact) mass is 284 g/mol. The molecule has 1 aromatic heterocycles. The zero-order valence-electron chi connectivity index (χ0n) is 13.3. The van der Waals surface area contributed by atoms with Gasteiger partial charge in [-0.05, 0) is 25.8 Å². The van der Waals surface area contributed by atoms with Crippen molar-refractivity contribution in [2.75, 3.05) is 17.7 Å². The lowest BCUT2D eigenvalue weighted by atomic mass is 10.1. The van der Waals surface area contributed by atoms with Gasteiger partial charge in [0.15, 0.2) is 0 Å². The maximum atomic E-state index is 4.67. The molecule has 0 fully saturated rings. The van der Waals surface area contributed by atoms with Crippen LogP contribution < -0.4 is 10.6 Å². The topological polar surface area (TPSA) is 49.8 Å². The van der Waals surface area contributed by atoms with E-state index in [9.17, 15) is 0 Å². The molecule has 0 bridgehead atoms. The number of hydrogen-bond donors (Lipinski definition) is 2. The molecule has 0 spiro atoms. The van der Waals surface area contributed by atoms with Crippen molar-refractivity contribution in [2.24, 2.45) is 0 Å². The number of anilines is 2. The van der Waals surface area contributed by atoms with Crippen LogP contribution in [0.25, 0.3) is 0 Å². The van der Waals surface area contributed by atoms with Gasteiger partial charge in [0, 0.05) is 25.1 Å². The summed E-state index contributed by atoms with van der Waals surface area (Å²) in [5.41, 5.74) is 2.30. The molecule has 2 rings (SSSR count). The van der Waals surface area contributed by atoms with Gasteiger partial charge < -0.3 is 10.6 Å². The highest BCUT2D eigenvalue weighted by Crippen LogP contribution is 2.24. The molecule has 1 aromatic carbocycles. The molecule has 0 saturated carbocycles. The van der Waals surface area contributed by atoms with E-state index in [0.717, 1.165) is 35.9 Å². The molecule has 4 nitrogen and oxygen atoms in total. The van der Waals surface area contributed by atoms with Gasteiger partial charge in [-0.1, -0.05) is 37.3 Å². The Morgan fingerprint density at radius 2 is 1.76 bits per heavy atom. The number of aryl methyl sites for hydroxylation is 1. The van der Waals surface area contributed by atoms with E-state index in [1.807, 2.05) is 20.0 Å². The van der Waals surface area contributed by atoms with Crippen molar-refractivity contribution in [1.82, 2.24) is 9.97 Å². The van der Waals surface area contributed by atoms with Gasteiger partial charge in [0.2, 0.25) is 0 Å². The first-order chi connectivity index (χ1) is 10.2. The van der Waals surface area contributed by atoms with Crippen molar-refractivity contribution >= 4 is 11.6 Å². The largest absolute Gasteiger partial charge is 0.373 e. The maximum Gasteiger partial charge on any atom is 0.135 e. The van der Waals surface area contributed by atoms with E-state index in [1.54, 1.807) is 0 Å². The molecule has 2 aromatic rings. The number of nitrogens with zero attached hydrogens (tertiary/aromatic N) is 2. The molecule has 112 valence electrons. The van der Waals surface area contributed by atoms with E-state index in [4.69, 9.17) is 0 Å². The summed E-state index contributed by atoms with van der Waals surface area (Å²) in [6.45, 7) is 6.33. The van der Waals surface area contributed by atoms with E-state index in [2.05, 4.69) is 58.7 Å². The summed E-state index contributed by atoms with van der Waals surface area (Å²) in [6.07, 6.45) is 1.93. The van der Waals surface area contributed by atoms with Crippen molar-refractivity contribution in [2.45, 2.75) is 39.7 Å². The summed E-state index contributed by atoms with van der Waals surface area (Å²) in [4.78, 5) is 9.23. The molecule has 4 heteroatoms. The summed E-state index contributed by atoms with van der Waals surface area (Å²) in [5.74, 6) is 2.69. The second kappa shape index (κ2) is 7.07. The third-order valence-electron chi connectivity index (χ3n) is 3.56. The molecule has 0 amide bonds. The fraction of sp³-hybridized carbons (Fsp3) is 0.412. The Balaban J connectivity index is 2.28. The van der Waals surface area contributed by atoms with Crippen LogP contribution in [0, 0.1) is 6.92 Å². The van der Waals surface area contributed by atoms with E-state index < -0.39 is 0 Å². The van der Waals surface area contributed by atoms with E-state index in [0.29, 0.717) is 0 Å². The molecule has 0 aliphatic carbocycles. The van der Waals surface area contributed by atoms with Crippen LogP contribution in [0.5, 0.6) is 0 Å². The average Bonchev–Trinajstić information content (AvgIpc) is 2.51. The molecule has 1 atom stereocenters. The minimum absolute atomic E-state index is 0.207. The summed E-state index contributed by atoms with van der Waals surface area (Å²) < 4.78 is 0. The number of hydrogen-bond acceptors (Lipinski definition) is 4. The highest BCUT2D eigenvalue weighted by atomic mass is 15.1. The van der Waals surface area contributed by atoms with Crippen LogP contribution in [0.1, 0.15) is 43.3 Å². The fourth-order valence-corrected chi connectivity index (χ4v) is 2.31. The maximum absolute atomic E-state index is 4.67. The van der Waals surface area contributed by atoms with Crippen LogP contribution in [0.15, 0.2) is 30.3 Å². The molecule has 21 heavy (non-hydrogen) atoms. The van der Waals surface area contributed by atoms with Gasteiger partial charge >= 0.3 is 0 Å². The van der Waals surface area contributed by atoms with E-state index in [1.165, 1.54) is 5.56 Å². The SMILES string of the molecule is CCCc1nc(NC)c(C)c(NC(C)c2ccccc2)n1. The van der Waals surface area contributed by atoms with Crippen molar-refractivity contribution in [3.63, 3.8) is 0 Å². The Hall–Kier alpha value is -2.10. The molecule has 0 aliphatic heterocycles. The lowest BCUT2D eigenvalue weighted by molar-refractivity contribution is 0.815. The summed E-state index contributed by atoms with van der Waals surface area (Å²) in [7, 11) is 1.90. The molecule has 0 radical (unpaired) electrons. The predicted molar refractivity (Wildman–Crippen MR) is 88.8 cm³/mol. The Labute approximate surface area is 127 Å². The van der Waals surface area contributed by atoms with Crippen LogP contribution in [-0.2, 0) is 6.42 Å². The average molecular weight is 284 g/mol. The third kappa shape index (κ3) is 3.72. The lowest BCUT2D eigenvalue weighted by Crippen LogP contribution is -2.13. The number of rotatable bonds is 6. The standard InChI is InChI=1S/C17H24N4/c1-5-9-15-20-16(18-4)12(2)17(21-15)19-13(3)14-10-7-6-8-11-14/h6-8,10-11,13H,5,9H2,1-4H3,(H2,18,19,20,21). The third-order valence-corrected chi connectivity index (χ3v) is 3.56. The summed E-state index contributed by atoms with van der Waals surface area (Å²) in [5, 5.41) is 6.67. The van der Waals surface area contributed by atoms with Crippen LogP contribution in [0.3, 0.4) is 0 Å².